The van der Waals surface area contributed by atoms with Crippen molar-refractivity contribution >= 4 is 5.91 Å². The summed E-state index contributed by atoms with van der Waals surface area (Å²) < 4.78 is 3.06. The van der Waals surface area contributed by atoms with Crippen LogP contribution in [0.1, 0.15) is 61.5 Å². The van der Waals surface area contributed by atoms with Crippen LogP contribution in [-0.4, -0.2) is 35.7 Å². The van der Waals surface area contributed by atoms with Crippen LogP contribution in [0.15, 0.2) is 71.7 Å². The van der Waals surface area contributed by atoms with Gasteiger partial charge in [-0.05, 0) is 52.8 Å². The predicted octanol–water partition coefficient (Wildman–Crippen LogP) is 5.27. The van der Waals surface area contributed by atoms with Gasteiger partial charge in [0, 0.05) is 30.3 Å². The lowest BCUT2D eigenvalue weighted by Crippen LogP contribution is -2.30. The summed E-state index contributed by atoms with van der Waals surface area (Å²) in [6, 6.07) is 16.1. The van der Waals surface area contributed by atoms with E-state index in [4.69, 9.17) is 0 Å². The molecule has 2 heterocycles. The maximum absolute atomic E-state index is 13.4. The van der Waals surface area contributed by atoms with Crippen LogP contribution in [0, 0.1) is 5.92 Å². The smallest absolute Gasteiger partial charge is 0.291 e. The van der Waals surface area contributed by atoms with Crippen LogP contribution in [0.3, 0.4) is 0 Å². The highest BCUT2D eigenvalue weighted by atomic mass is 16.2. The zero-order valence-electron chi connectivity index (χ0n) is 21.1. The number of hydrogen-bond donors (Lipinski definition) is 1. The lowest BCUT2D eigenvalue weighted by molar-refractivity contribution is 0.0863. The normalized spacial score (nSPS) is 14.4. The number of aromatic nitrogens is 6. The predicted molar refractivity (Wildman–Crippen MR) is 143 cm³/mol. The van der Waals surface area contributed by atoms with Crippen molar-refractivity contribution in [2.75, 3.05) is 0 Å². The number of nitrogens with zero attached hydrogens (tertiary/aromatic N) is 5. The molecule has 0 atom stereocenters. The average Bonchev–Trinajstić information content (AvgIpc) is 3.57. The molecule has 1 fully saturated rings. The zero-order chi connectivity index (χ0) is 25.6. The van der Waals surface area contributed by atoms with Gasteiger partial charge >= 0.3 is 5.69 Å². The topological polar surface area (TPSA) is 98.5 Å². The van der Waals surface area contributed by atoms with Crippen molar-refractivity contribution in [1.82, 2.24) is 29.8 Å². The SMILES string of the molecule is CC=CCc1cn(C(=O)CC2CCCCC2)c(=O)n1Cc1ccc(-c2ccccc2-c2nnn[nH]2)cc1. The van der Waals surface area contributed by atoms with Crippen molar-refractivity contribution in [2.24, 2.45) is 5.92 Å². The van der Waals surface area contributed by atoms with Gasteiger partial charge in [-0.3, -0.25) is 9.36 Å². The summed E-state index contributed by atoms with van der Waals surface area (Å²) >= 11 is 0. The van der Waals surface area contributed by atoms with Crippen molar-refractivity contribution in [3.05, 3.63) is 88.6 Å². The van der Waals surface area contributed by atoms with Gasteiger partial charge in [0.25, 0.3) is 0 Å². The lowest BCUT2D eigenvalue weighted by Gasteiger charge is -2.20. The molecular formula is C29H32N6O2. The first-order valence-corrected chi connectivity index (χ1v) is 13.0. The van der Waals surface area contributed by atoms with Crippen LogP contribution in [0.25, 0.3) is 22.5 Å². The van der Waals surface area contributed by atoms with Crippen LogP contribution in [0.2, 0.25) is 0 Å². The first-order valence-electron chi connectivity index (χ1n) is 13.0. The fraction of sp³-hybridized carbons (Fsp3) is 0.345. The summed E-state index contributed by atoms with van der Waals surface area (Å²) in [6.45, 7) is 2.36. The molecule has 8 heteroatoms. The van der Waals surface area contributed by atoms with E-state index in [1.807, 2.05) is 67.6 Å². The molecule has 0 amide bonds. The van der Waals surface area contributed by atoms with Gasteiger partial charge in [-0.2, -0.15) is 0 Å². The molecule has 8 nitrogen and oxygen atoms in total. The van der Waals surface area contributed by atoms with E-state index in [0.29, 0.717) is 31.1 Å². The van der Waals surface area contributed by atoms with Crippen molar-refractivity contribution < 1.29 is 4.79 Å². The number of aromatic amines is 1. The highest BCUT2D eigenvalue weighted by molar-refractivity contribution is 5.80. The molecule has 190 valence electrons. The largest absolute Gasteiger partial charge is 0.335 e. The van der Waals surface area contributed by atoms with Gasteiger partial charge in [0.05, 0.1) is 6.54 Å². The van der Waals surface area contributed by atoms with Gasteiger partial charge in [-0.15, -0.1) is 5.10 Å². The highest BCUT2D eigenvalue weighted by Gasteiger charge is 2.21. The van der Waals surface area contributed by atoms with Crippen molar-refractivity contribution in [3.8, 4) is 22.5 Å². The molecule has 1 saturated carbocycles. The Kier molecular flexibility index (Phi) is 7.54. The Hall–Kier alpha value is -4.07. The fourth-order valence-corrected chi connectivity index (χ4v) is 5.20. The third-order valence-corrected chi connectivity index (χ3v) is 7.21. The van der Waals surface area contributed by atoms with Crippen molar-refractivity contribution in [2.45, 2.75) is 58.4 Å². The van der Waals surface area contributed by atoms with E-state index >= 15 is 0 Å². The van der Waals surface area contributed by atoms with Crippen LogP contribution in [-0.2, 0) is 13.0 Å². The van der Waals surface area contributed by atoms with Crippen LogP contribution >= 0.6 is 0 Å². The number of H-pyrrole nitrogens is 1. The highest BCUT2D eigenvalue weighted by Crippen LogP contribution is 2.30. The Morgan fingerprint density at radius 2 is 1.81 bits per heavy atom. The third-order valence-electron chi connectivity index (χ3n) is 7.21. The molecule has 0 bridgehead atoms. The van der Waals surface area contributed by atoms with Gasteiger partial charge in [0.1, 0.15) is 0 Å². The molecule has 0 saturated heterocycles. The summed E-state index contributed by atoms with van der Waals surface area (Å²) in [5.41, 5.74) is 4.53. The number of nitrogens with one attached hydrogen (secondary N) is 1. The van der Waals surface area contributed by atoms with E-state index in [0.717, 1.165) is 40.8 Å². The monoisotopic (exact) mass is 496 g/mol. The molecule has 0 aliphatic heterocycles. The van der Waals surface area contributed by atoms with Crippen LogP contribution in [0.4, 0.5) is 0 Å². The number of rotatable bonds is 8. The van der Waals surface area contributed by atoms with Gasteiger partial charge in [0.15, 0.2) is 5.82 Å². The summed E-state index contributed by atoms with van der Waals surface area (Å²) in [7, 11) is 0. The molecule has 1 N–H and O–H groups in total. The Morgan fingerprint density at radius 3 is 2.51 bits per heavy atom. The number of allylic oxidation sites excluding steroid dienone is 2. The number of tetrazole rings is 1. The van der Waals surface area contributed by atoms with Crippen molar-refractivity contribution in [3.63, 3.8) is 0 Å². The summed E-state index contributed by atoms with van der Waals surface area (Å²) in [6.07, 6.45) is 12.5. The molecule has 37 heavy (non-hydrogen) atoms. The Balaban J connectivity index is 1.39. The molecular weight excluding hydrogens is 464 g/mol. The minimum absolute atomic E-state index is 0.0914. The van der Waals surface area contributed by atoms with E-state index in [1.165, 1.54) is 23.8 Å². The second-order valence-electron chi connectivity index (χ2n) is 9.73. The van der Waals surface area contributed by atoms with Gasteiger partial charge in [-0.1, -0.05) is 79.9 Å². The minimum Gasteiger partial charge on any atom is -0.291 e. The van der Waals surface area contributed by atoms with Gasteiger partial charge < -0.3 is 0 Å². The van der Waals surface area contributed by atoms with E-state index in [-0.39, 0.29) is 11.6 Å². The van der Waals surface area contributed by atoms with Crippen LogP contribution < -0.4 is 5.69 Å². The molecule has 1 aliphatic rings. The summed E-state index contributed by atoms with van der Waals surface area (Å²) in [5.74, 6) is 0.906. The van der Waals surface area contributed by atoms with Crippen molar-refractivity contribution in [1.29, 1.82) is 0 Å². The molecule has 1 aliphatic carbocycles. The summed E-state index contributed by atoms with van der Waals surface area (Å²) in [4.78, 5) is 26.4. The number of imidazole rings is 1. The fourth-order valence-electron chi connectivity index (χ4n) is 5.20. The lowest BCUT2D eigenvalue weighted by atomic mass is 9.87. The van der Waals surface area contributed by atoms with Gasteiger partial charge in [0.2, 0.25) is 5.91 Å². The molecule has 0 unspecified atom stereocenters. The van der Waals surface area contributed by atoms with E-state index in [9.17, 15) is 9.59 Å². The number of hydrogen-bond acceptors (Lipinski definition) is 5. The van der Waals surface area contributed by atoms with Gasteiger partial charge in [-0.25, -0.2) is 14.5 Å². The maximum atomic E-state index is 13.4. The third kappa shape index (κ3) is 5.53. The minimum atomic E-state index is -0.257. The zero-order valence-corrected chi connectivity index (χ0v) is 21.1. The average molecular weight is 497 g/mol. The quantitative estimate of drug-likeness (QED) is 0.335. The van der Waals surface area contributed by atoms with Crippen LogP contribution in [0.5, 0.6) is 0 Å². The molecule has 5 rings (SSSR count). The second-order valence-corrected chi connectivity index (χ2v) is 9.73. The number of benzene rings is 2. The molecule has 0 radical (unpaired) electrons. The van der Waals surface area contributed by atoms with E-state index in [1.54, 1.807) is 10.8 Å². The Bertz CT molecular complexity index is 1420. The maximum Gasteiger partial charge on any atom is 0.335 e. The summed E-state index contributed by atoms with van der Waals surface area (Å²) in [5, 5.41) is 14.3. The molecule has 4 aromatic rings. The Labute approximate surface area is 216 Å². The number of carbonyl (C=O) groups excluding carboxylic acids is 1. The standard InChI is InChI=1S/C29H32N6O2/c1-2-3-11-24-20-35(27(36)18-21-9-5-4-6-10-21)29(37)34(24)19-22-14-16-23(17-15-22)25-12-7-8-13-26(25)28-30-32-33-31-28/h2-3,7-8,12-17,20-21H,4-6,9-11,18-19H2,1H3,(H,30,31,32,33). The van der Waals surface area contributed by atoms with E-state index in [2.05, 4.69) is 20.6 Å². The molecule has 0 spiro atoms. The first kappa shape index (κ1) is 24.6. The molecule has 2 aromatic carbocycles. The first-order chi connectivity index (χ1) is 18.1. The molecule has 2 aromatic heterocycles. The second kappa shape index (κ2) is 11.3. The number of carbonyl (C=O) groups is 1. The Morgan fingerprint density at radius 1 is 1.05 bits per heavy atom. The van der Waals surface area contributed by atoms with E-state index < -0.39 is 0 Å².